The molecule has 1 fully saturated rings. The molecule has 0 aliphatic heterocycles. The molecule has 5 rings (SSSR count). The number of aryl methyl sites for hydroxylation is 1. The monoisotopic (exact) mass is 604 g/mol. The van der Waals surface area contributed by atoms with Gasteiger partial charge in [-0.25, -0.2) is 4.98 Å². The Morgan fingerprint density at radius 3 is 2.67 bits per heavy atom. The number of hydrogen-bond acceptors (Lipinski definition) is 7. The molecule has 0 atom stereocenters. The Hall–Kier alpha value is -4.05. The van der Waals surface area contributed by atoms with Gasteiger partial charge >= 0.3 is 5.69 Å². The van der Waals surface area contributed by atoms with Crippen LogP contribution in [0.4, 0.5) is 5.69 Å². The van der Waals surface area contributed by atoms with E-state index in [4.69, 9.17) is 14.5 Å². The molecule has 40 heavy (non-hydrogen) atoms. The fraction of sp³-hybridized carbons (Fsp3) is 0.300. The Balaban J connectivity index is 1.55. The van der Waals surface area contributed by atoms with E-state index in [2.05, 4.69) is 21.0 Å². The number of methoxy groups -OCH3 is 1. The molecule has 10 heteroatoms. The lowest BCUT2D eigenvalue weighted by atomic mass is 9.88. The first-order valence-corrected chi connectivity index (χ1v) is 13.9. The highest BCUT2D eigenvalue weighted by molar-refractivity contribution is 9.10. The smallest absolute Gasteiger partial charge is 0.315 e. The third-order valence-corrected chi connectivity index (χ3v) is 7.56. The zero-order valence-corrected chi connectivity index (χ0v) is 23.9. The van der Waals surface area contributed by atoms with Gasteiger partial charge in [0.25, 0.3) is 5.56 Å². The van der Waals surface area contributed by atoms with E-state index in [9.17, 15) is 14.9 Å². The van der Waals surface area contributed by atoms with E-state index >= 15 is 0 Å². The number of nitro benzene ring substituents is 1. The van der Waals surface area contributed by atoms with Crippen molar-refractivity contribution in [2.45, 2.75) is 51.6 Å². The molecule has 0 radical (unpaired) electrons. The number of benzene rings is 3. The molecule has 1 aromatic heterocycles. The van der Waals surface area contributed by atoms with Crippen molar-refractivity contribution in [3.05, 3.63) is 102 Å². The van der Waals surface area contributed by atoms with Gasteiger partial charge in [0.15, 0.2) is 5.75 Å². The van der Waals surface area contributed by atoms with Crippen LogP contribution in [0.3, 0.4) is 0 Å². The molecular weight excluding hydrogens is 576 g/mol. The molecule has 1 saturated carbocycles. The highest BCUT2D eigenvalue weighted by Gasteiger charge is 2.24. The lowest BCUT2D eigenvalue weighted by molar-refractivity contribution is -0.386. The number of hydrogen-bond donors (Lipinski definition) is 0. The summed E-state index contributed by atoms with van der Waals surface area (Å²) >= 11 is 3.43. The summed E-state index contributed by atoms with van der Waals surface area (Å²) in [6.45, 7) is 2.11. The number of ether oxygens (including phenoxy) is 2. The molecule has 0 N–H and O–H groups in total. The molecule has 0 amide bonds. The maximum Gasteiger partial charge on any atom is 0.315 e. The van der Waals surface area contributed by atoms with Gasteiger partial charge in [0.05, 0.1) is 29.2 Å². The quantitative estimate of drug-likeness (QED) is 0.123. The molecule has 1 aliphatic rings. The van der Waals surface area contributed by atoms with E-state index < -0.39 is 4.92 Å². The van der Waals surface area contributed by atoms with Crippen LogP contribution in [0.15, 0.2) is 69.0 Å². The van der Waals surface area contributed by atoms with E-state index in [0.717, 1.165) is 47.7 Å². The van der Waals surface area contributed by atoms with Gasteiger partial charge in [-0.05, 0) is 49.6 Å². The standard InChI is InChI=1S/C30H29BrN4O5/c1-19-7-6-8-20(13-19)18-40-28-26(35(37)38)14-21(15-27(28)39-2)17-32-34-29(22-9-4-3-5-10-22)33-25-12-11-23(31)16-24(25)30(34)36/h6-8,11-17,22H,3-5,9-10,18H2,1-2H3. The van der Waals surface area contributed by atoms with Crippen LogP contribution in [0.2, 0.25) is 0 Å². The summed E-state index contributed by atoms with van der Waals surface area (Å²) in [7, 11) is 1.43. The second-order valence-corrected chi connectivity index (χ2v) is 10.8. The van der Waals surface area contributed by atoms with Crippen molar-refractivity contribution in [3.63, 3.8) is 0 Å². The molecule has 3 aromatic carbocycles. The van der Waals surface area contributed by atoms with Gasteiger partial charge in [0.1, 0.15) is 12.4 Å². The minimum atomic E-state index is -0.514. The number of halogens is 1. The largest absolute Gasteiger partial charge is 0.493 e. The summed E-state index contributed by atoms with van der Waals surface area (Å²) in [5.74, 6) is 0.940. The minimum absolute atomic E-state index is 0.0310. The molecule has 0 spiro atoms. The normalized spacial score (nSPS) is 14.1. The maximum absolute atomic E-state index is 13.6. The van der Waals surface area contributed by atoms with Crippen LogP contribution in [0, 0.1) is 17.0 Å². The molecule has 1 aliphatic carbocycles. The van der Waals surface area contributed by atoms with Crippen LogP contribution in [0.1, 0.15) is 60.5 Å². The van der Waals surface area contributed by atoms with Gasteiger partial charge in [-0.15, -0.1) is 0 Å². The number of nitrogens with zero attached hydrogens (tertiary/aromatic N) is 4. The topological polar surface area (TPSA) is 109 Å². The Bertz CT molecular complexity index is 1660. The Morgan fingerprint density at radius 1 is 1.15 bits per heavy atom. The number of fused-ring (bicyclic) bond motifs is 1. The third kappa shape index (κ3) is 5.91. The van der Waals surface area contributed by atoms with Crippen LogP contribution < -0.4 is 15.0 Å². The Kier molecular flexibility index (Phi) is 8.25. The summed E-state index contributed by atoms with van der Waals surface area (Å²) in [5, 5.41) is 17.0. The van der Waals surface area contributed by atoms with Gasteiger partial charge < -0.3 is 9.47 Å². The molecule has 0 bridgehead atoms. The van der Waals surface area contributed by atoms with Gasteiger partial charge in [-0.3, -0.25) is 14.9 Å². The number of aromatic nitrogens is 2. The highest BCUT2D eigenvalue weighted by Crippen LogP contribution is 2.39. The zero-order valence-electron chi connectivity index (χ0n) is 22.3. The van der Waals surface area contributed by atoms with Gasteiger partial charge in [0.2, 0.25) is 5.75 Å². The van der Waals surface area contributed by atoms with E-state index in [0.29, 0.717) is 22.3 Å². The van der Waals surface area contributed by atoms with E-state index in [1.807, 2.05) is 43.3 Å². The van der Waals surface area contributed by atoms with E-state index in [1.165, 1.54) is 24.1 Å². The molecule has 1 heterocycles. The Labute approximate surface area is 239 Å². The van der Waals surface area contributed by atoms with Gasteiger partial charge in [-0.2, -0.15) is 9.78 Å². The fourth-order valence-corrected chi connectivity index (χ4v) is 5.46. The molecule has 0 unspecified atom stereocenters. The lowest BCUT2D eigenvalue weighted by Gasteiger charge is -2.22. The molecule has 4 aromatic rings. The molecule has 0 saturated heterocycles. The van der Waals surface area contributed by atoms with Crippen molar-refractivity contribution in [2.75, 3.05) is 7.11 Å². The van der Waals surface area contributed by atoms with Crippen LogP contribution in [0.25, 0.3) is 10.9 Å². The second kappa shape index (κ2) is 12.0. The lowest BCUT2D eigenvalue weighted by Crippen LogP contribution is -2.25. The highest BCUT2D eigenvalue weighted by atomic mass is 79.9. The first-order chi connectivity index (χ1) is 19.3. The predicted molar refractivity (Wildman–Crippen MR) is 158 cm³/mol. The first-order valence-electron chi connectivity index (χ1n) is 13.2. The average molecular weight is 605 g/mol. The SMILES string of the molecule is COc1cc(C=Nn2c(C3CCCCC3)nc3ccc(Br)cc3c2=O)cc([N+](=O)[O-])c1OCc1cccc(C)c1. The third-order valence-electron chi connectivity index (χ3n) is 7.07. The van der Waals surface area contributed by atoms with E-state index in [-0.39, 0.29) is 35.3 Å². The van der Waals surface area contributed by atoms with Gasteiger partial charge in [0, 0.05) is 22.0 Å². The zero-order chi connectivity index (χ0) is 28.2. The minimum Gasteiger partial charge on any atom is -0.493 e. The van der Waals surface area contributed by atoms with E-state index in [1.54, 1.807) is 12.1 Å². The fourth-order valence-electron chi connectivity index (χ4n) is 5.10. The molecular formula is C30H29BrN4O5. The van der Waals surface area contributed by atoms with Crippen molar-refractivity contribution in [1.29, 1.82) is 0 Å². The van der Waals surface area contributed by atoms with Crippen molar-refractivity contribution < 1.29 is 14.4 Å². The van der Waals surface area contributed by atoms with Crippen molar-refractivity contribution in [1.82, 2.24) is 9.66 Å². The summed E-state index contributed by atoms with van der Waals surface area (Å²) in [5.41, 5.74) is 2.41. The number of nitro groups is 1. The number of rotatable bonds is 8. The van der Waals surface area contributed by atoms with Crippen LogP contribution in [0.5, 0.6) is 11.5 Å². The summed E-state index contributed by atoms with van der Waals surface area (Å²) in [4.78, 5) is 30.0. The van der Waals surface area contributed by atoms with Crippen LogP contribution in [-0.4, -0.2) is 27.9 Å². The van der Waals surface area contributed by atoms with Crippen LogP contribution >= 0.6 is 15.9 Å². The van der Waals surface area contributed by atoms with Gasteiger partial charge in [-0.1, -0.05) is 65.0 Å². The summed E-state index contributed by atoms with van der Waals surface area (Å²) < 4.78 is 13.5. The Morgan fingerprint density at radius 2 is 1.95 bits per heavy atom. The molecule has 9 nitrogen and oxygen atoms in total. The summed E-state index contributed by atoms with van der Waals surface area (Å²) in [6, 6.07) is 16.1. The van der Waals surface area contributed by atoms with Crippen LogP contribution in [-0.2, 0) is 6.61 Å². The van der Waals surface area contributed by atoms with Crippen molar-refractivity contribution >= 4 is 38.7 Å². The first kappa shape index (κ1) is 27.5. The maximum atomic E-state index is 13.6. The van der Waals surface area contributed by atoms with Crippen molar-refractivity contribution in [2.24, 2.45) is 5.10 Å². The molecule has 206 valence electrons. The average Bonchev–Trinajstić information content (AvgIpc) is 2.96. The summed E-state index contributed by atoms with van der Waals surface area (Å²) in [6.07, 6.45) is 6.57. The van der Waals surface area contributed by atoms with Crippen molar-refractivity contribution in [3.8, 4) is 11.5 Å². The second-order valence-electron chi connectivity index (χ2n) is 9.93. The predicted octanol–water partition coefficient (Wildman–Crippen LogP) is 6.89.